The molecule has 1 N–H and O–H groups in total. The highest BCUT2D eigenvalue weighted by Crippen LogP contribution is 2.44. The fraction of sp³-hybridized carbons (Fsp3) is 0.722. The summed E-state index contributed by atoms with van der Waals surface area (Å²) in [4.78, 5) is 0. The van der Waals surface area contributed by atoms with E-state index in [4.69, 9.17) is 0 Å². The zero-order valence-corrected chi connectivity index (χ0v) is 14.1. The second-order valence-corrected chi connectivity index (χ2v) is 7.68. The second kappa shape index (κ2) is 5.99. The van der Waals surface area contributed by atoms with Crippen molar-refractivity contribution in [2.24, 2.45) is 0 Å². The molecule has 0 bridgehead atoms. The fourth-order valence-electron chi connectivity index (χ4n) is 4.17. The zero-order chi connectivity index (χ0) is 15.9. The fourth-order valence-corrected chi connectivity index (χ4v) is 4.17. The summed E-state index contributed by atoms with van der Waals surface area (Å²) >= 11 is 0. The maximum absolute atomic E-state index is 4.54. The van der Waals surface area contributed by atoms with Gasteiger partial charge in [0, 0.05) is 30.4 Å². The Balaban J connectivity index is 1.31. The largest absolute Gasteiger partial charge is 0.311 e. The zero-order valence-electron chi connectivity index (χ0n) is 14.1. The maximum atomic E-state index is 4.54. The SMILES string of the molecule is c1cnn(C2CCCCC2NCc2nnc(C3CC3)n2C2CC2)c1. The van der Waals surface area contributed by atoms with Crippen LogP contribution in [0, 0.1) is 0 Å². The Bertz CT molecular complexity index is 682. The molecule has 0 aromatic carbocycles. The lowest BCUT2D eigenvalue weighted by molar-refractivity contribution is 0.243. The van der Waals surface area contributed by atoms with Crippen LogP contribution >= 0.6 is 0 Å². The minimum atomic E-state index is 0.467. The van der Waals surface area contributed by atoms with Gasteiger partial charge in [0.25, 0.3) is 0 Å². The quantitative estimate of drug-likeness (QED) is 0.886. The smallest absolute Gasteiger partial charge is 0.147 e. The van der Waals surface area contributed by atoms with Crippen molar-refractivity contribution in [3.63, 3.8) is 0 Å². The van der Waals surface area contributed by atoms with Gasteiger partial charge < -0.3 is 9.88 Å². The molecule has 24 heavy (non-hydrogen) atoms. The number of aromatic nitrogens is 5. The molecular formula is C18H26N6. The van der Waals surface area contributed by atoms with Crippen molar-refractivity contribution in [2.75, 3.05) is 0 Å². The van der Waals surface area contributed by atoms with Gasteiger partial charge in [-0.05, 0) is 44.6 Å². The molecule has 3 aliphatic carbocycles. The van der Waals surface area contributed by atoms with Crippen LogP contribution in [-0.2, 0) is 6.54 Å². The van der Waals surface area contributed by atoms with E-state index >= 15 is 0 Å². The molecule has 0 aliphatic heterocycles. The van der Waals surface area contributed by atoms with Gasteiger partial charge in [-0.2, -0.15) is 5.10 Å². The summed E-state index contributed by atoms with van der Waals surface area (Å²) in [6.45, 7) is 0.832. The molecule has 3 aliphatic rings. The molecule has 2 heterocycles. The van der Waals surface area contributed by atoms with E-state index < -0.39 is 0 Å². The molecule has 6 heteroatoms. The molecule has 2 aromatic heterocycles. The Morgan fingerprint density at radius 1 is 1.04 bits per heavy atom. The molecule has 2 aromatic rings. The number of nitrogens with one attached hydrogen (secondary N) is 1. The summed E-state index contributed by atoms with van der Waals surface area (Å²) in [5.74, 6) is 3.07. The van der Waals surface area contributed by atoms with Gasteiger partial charge in [0.2, 0.25) is 0 Å². The van der Waals surface area contributed by atoms with Crippen LogP contribution in [0.5, 0.6) is 0 Å². The predicted octanol–water partition coefficient (Wildman–Crippen LogP) is 2.96. The number of nitrogens with zero attached hydrogens (tertiary/aromatic N) is 5. The molecule has 0 radical (unpaired) electrons. The highest BCUT2D eigenvalue weighted by atomic mass is 15.3. The summed E-state index contributed by atoms with van der Waals surface area (Å²) in [5, 5.41) is 17.3. The Labute approximate surface area is 142 Å². The van der Waals surface area contributed by atoms with Gasteiger partial charge in [-0.3, -0.25) is 4.68 Å². The van der Waals surface area contributed by atoms with E-state index in [9.17, 15) is 0 Å². The molecule has 0 amide bonds. The molecule has 0 saturated heterocycles. The lowest BCUT2D eigenvalue weighted by atomic mass is 9.90. The van der Waals surface area contributed by atoms with Crippen LogP contribution in [0.15, 0.2) is 18.5 Å². The van der Waals surface area contributed by atoms with Crippen molar-refractivity contribution in [2.45, 2.75) is 82.0 Å². The van der Waals surface area contributed by atoms with Crippen LogP contribution in [0.1, 0.15) is 81.0 Å². The van der Waals surface area contributed by atoms with Gasteiger partial charge >= 0.3 is 0 Å². The molecule has 3 fully saturated rings. The summed E-state index contributed by atoms with van der Waals surface area (Å²) < 4.78 is 4.59. The normalized spacial score (nSPS) is 27.5. The van der Waals surface area contributed by atoms with Gasteiger partial charge in [0.1, 0.15) is 11.6 Å². The number of rotatable bonds is 6. The molecule has 6 nitrogen and oxygen atoms in total. The van der Waals surface area contributed by atoms with E-state index in [2.05, 4.69) is 36.1 Å². The van der Waals surface area contributed by atoms with Gasteiger partial charge in [0.05, 0.1) is 12.6 Å². The van der Waals surface area contributed by atoms with Crippen molar-refractivity contribution < 1.29 is 0 Å². The van der Waals surface area contributed by atoms with Crippen LogP contribution in [0.25, 0.3) is 0 Å². The maximum Gasteiger partial charge on any atom is 0.147 e. The average Bonchev–Trinajstić information content (AvgIpc) is 3.54. The third-order valence-electron chi connectivity index (χ3n) is 5.76. The van der Waals surface area contributed by atoms with Crippen molar-refractivity contribution in [1.82, 2.24) is 29.9 Å². The van der Waals surface area contributed by atoms with E-state index in [0.717, 1.165) is 12.4 Å². The topological polar surface area (TPSA) is 60.6 Å². The first-order valence-electron chi connectivity index (χ1n) is 9.56. The lowest BCUT2D eigenvalue weighted by Gasteiger charge is -2.32. The molecular weight excluding hydrogens is 300 g/mol. The van der Waals surface area contributed by atoms with E-state index in [1.807, 2.05) is 12.3 Å². The highest BCUT2D eigenvalue weighted by Gasteiger charge is 2.36. The third-order valence-corrected chi connectivity index (χ3v) is 5.76. The monoisotopic (exact) mass is 326 g/mol. The van der Waals surface area contributed by atoms with Crippen molar-refractivity contribution in [1.29, 1.82) is 0 Å². The van der Waals surface area contributed by atoms with Crippen LogP contribution in [0.4, 0.5) is 0 Å². The van der Waals surface area contributed by atoms with Crippen LogP contribution < -0.4 is 5.32 Å². The molecule has 2 atom stereocenters. The van der Waals surface area contributed by atoms with Gasteiger partial charge in [-0.1, -0.05) is 12.8 Å². The highest BCUT2D eigenvalue weighted by molar-refractivity contribution is 5.12. The molecule has 128 valence electrons. The third kappa shape index (κ3) is 2.77. The predicted molar refractivity (Wildman–Crippen MR) is 90.6 cm³/mol. The van der Waals surface area contributed by atoms with Gasteiger partial charge in [-0.25, -0.2) is 0 Å². The van der Waals surface area contributed by atoms with Crippen LogP contribution in [0.3, 0.4) is 0 Å². The van der Waals surface area contributed by atoms with E-state index in [1.165, 1.54) is 57.2 Å². The Morgan fingerprint density at radius 3 is 2.67 bits per heavy atom. The molecule has 0 spiro atoms. The standard InChI is InChI=1S/C18H26N6/c1-2-5-16(23-11-3-10-20-23)15(4-1)19-12-17-21-22-18(13-6-7-13)24(17)14-8-9-14/h3,10-11,13-16,19H,1-2,4-9,12H2. The Hall–Kier alpha value is -1.69. The minimum Gasteiger partial charge on any atom is -0.311 e. The van der Waals surface area contributed by atoms with E-state index in [1.54, 1.807) is 0 Å². The van der Waals surface area contributed by atoms with Crippen LogP contribution in [0.2, 0.25) is 0 Å². The van der Waals surface area contributed by atoms with Gasteiger partial charge in [-0.15, -0.1) is 10.2 Å². The second-order valence-electron chi connectivity index (χ2n) is 7.68. The molecule has 2 unspecified atom stereocenters. The Kier molecular flexibility index (Phi) is 3.65. The van der Waals surface area contributed by atoms with E-state index in [0.29, 0.717) is 24.0 Å². The van der Waals surface area contributed by atoms with Crippen molar-refractivity contribution in [3.8, 4) is 0 Å². The molecule has 3 saturated carbocycles. The van der Waals surface area contributed by atoms with Crippen molar-refractivity contribution >= 4 is 0 Å². The first-order valence-corrected chi connectivity index (χ1v) is 9.56. The van der Waals surface area contributed by atoms with Gasteiger partial charge in [0.15, 0.2) is 0 Å². The molecule has 5 rings (SSSR count). The first-order chi connectivity index (χ1) is 11.9. The first kappa shape index (κ1) is 14.6. The summed E-state index contributed by atoms with van der Waals surface area (Å²) in [6, 6.07) is 3.64. The van der Waals surface area contributed by atoms with Crippen LogP contribution in [-0.4, -0.2) is 30.6 Å². The minimum absolute atomic E-state index is 0.467. The van der Waals surface area contributed by atoms with E-state index in [-0.39, 0.29) is 0 Å². The number of hydrogen-bond acceptors (Lipinski definition) is 4. The summed E-state index contributed by atoms with van der Waals surface area (Å²) in [7, 11) is 0. The Morgan fingerprint density at radius 2 is 1.92 bits per heavy atom. The summed E-state index contributed by atoms with van der Waals surface area (Å²) in [6.07, 6.45) is 14.2. The number of hydrogen-bond donors (Lipinski definition) is 1. The summed E-state index contributed by atoms with van der Waals surface area (Å²) in [5.41, 5.74) is 0. The van der Waals surface area contributed by atoms with Crippen molar-refractivity contribution in [3.05, 3.63) is 30.1 Å². The lowest BCUT2D eigenvalue weighted by Crippen LogP contribution is -2.40. The average molecular weight is 326 g/mol.